The summed E-state index contributed by atoms with van der Waals surface area (Å²) in [7, 11) is 0. The Labute approximate surface area is 172 Å². The maximum absolute atomic E-state index is 12.3. The Bertz CT molecular complexity index is 842. The predicted octanol–water partition coefficient (Wildman–Crippen LogP) is 2.80. The molecule has 3 rings (SSSR count). The van der Waals surface area contributed by atoms with Crippen LogP contribution in [0.1, 0.15) is 62.5 Å². The number of ether oxygens (including phenoxy) is 1. The van der Waals surface area contributed by atoms with Gasteiger partial charge in [0.15, 0.2) is 11.6 Å². The number of carbonyl (C=O) groups is 1. The number of amides is 1. The van der Waals surface area contributed by atoms with E-state index in [2.05, 4.69) is 20.7 Å². The number of hydrogen-bond acceptors (Lipinski definition) is 6. The summed E-state index contributed by atoms with van der Waals surface area (Å²) in [6, 6.07) is 0. The number of anilines is 1. The molecule has 0 bridgehead atoms. The molecule has 160 valence electrons. The van der Waals surface area contributed by atoms with Crippen LogP contribution in [-0.2, 0) is 16.1 Å². The Morgan fingerprint density at radius 3 is 2.69 bits per heavy atom. The number of aromatic nitrogens is 3. The average molecular weight is 403 g/mol. The molecule has 1 saturated carbocycles. The SMILES string of the molecule is CCOCc1nc2c(N)nc(C)c(C)c2n1NCCCNC(=O)C1CCCCC1. The van der Waals surface area contributed by atoms with Crippen LogP contribution in [0.25, 0.3) is 11.0 Å². The zero-order valence-corrected chi connectivity index (χ0v) is 17.9. The molecule has 0 spiro atoms. The van der Waals surface area contributed by atoms with Crippen molar-refractivity contribution in [3.8, 4) is 0 Å². The summed E-state index contributed by atoms with van der Waals surface area (Å²) in [5, 5.41) is 3.09. The molecule has 0 saturated heterocycles. The Hall–Kier alpha value is -2.35. The van der Waals surface area contributed by atoms with Gasteiger partial charge >= 0.3 is 0 Å². The third kappa shape index (κ3) is 4.98. The molecule has 0 unspecified atom stereocenters. The normalized spacial score (nSPS) is 15.0. The van der Waals surface area contributed by atoms with Gasteiger partial charge in [0, 0.05) is 31.3 Å². The number of rotatable bonds is 9. The van der Waals surface area contributed by atoms with Gasteiger partial charge in [-0.05, 0) is 45.6 Å². The van der Waals surface area contributed by atoms with Crippen molar-refractivity contribution in [2.24, 2.45) is 5.92 Å². The smallest absolute Gasteiger partial charge is 0.223 e. The van der Waals surface area contributed by atoms with Crippen LogP contribution >= 0.6 is 0 Å². The fraction of sp³-hybridized carbons (Fsp3) is 0.667. The highest BCUT2D eigenvalue weighted by molar-refractivity contribution is 5.88. The molecular formula is C21H34N6O2. The first-order valence-electron chi connectivity index (χ1n) is 10.8. The van der Waals surface area contributed by atoms with Crippen LogP contribution < -0.4 is 16.5 Å². The molecule has 2 heterocycles. The molecule has 1 fully saturated rings. The van der Waals surface area contributed by atoms with E-state index in [0.29, 0.717) is 37.6 Å². The second-order valence-corrected chi connectivity index (χ2v) is 7.79. The molecule has 1 amide bonds. The first-order chi connectivity index (χ1) is 14.0. The lowest BCUT2D eigenvalue weighted by Crippen LogP contribution is -2.33. The van der Waals surface area contributed by atoms with Gasteiger partial charge in [0.25, 0.3) is 0 Å². The summed E-state index contributed by atoms with van der Waals surface area (Å²) in [5.74, 6) is 1.62. The Morgan fingerprint density at radius 2 is 1.97 bits per heavy atom. The number of nitrogens with zero attached hydrogens (tertiary/aromatic N) is 3. The zero-order chi connectivity index (χ0) is 20.8. The monoisotopic (exact) mass is 402 g/mol. The van der Waals surface area contributed by atoms with E-state index in [1.807, 2.05) is 25.4 Å². The second-order valence-electron chi connectivity index (χ2n) is 7.79. The van der Waals surface area contributed by atoms with E-state index >= 15 is 0 Å². The fourth-order valence-corrected chi connectivity index (χ4v) is 3.94. The summed E-state index contributed by atoms with van der Waals surface area (Å²) >= 11 is 0. The number of nitrogens with one attached hydrogen (secondary N) is 2. The maximum atomic E-state index is 12.3. The van der Waals surface area contributed by atoms with Crippen molar-refractivity contribution in [2.45, 2.75) is 65.9 Å². The molecule has 4 N–H and O–H groups in total. The van der Waals surface area contributed by atoms with Crippen LogP contribution in [0, 0.1) is 19.8 Å². The third-order valence-electron chi connectivity index (χ3n) is 5.71. The van der Waals surface area contributed by atoms with Crippen molar-refractivity contribution in [1.29, 1.82) is 0 Å². The zero-order valence-electron chi connectivity index (χ0n) is 17.9. The number of imidazole rings is 1. The molecule has 29 heavy (non-hydrogen) atoms. The molecule has 2 aromatic heterocycles. The summed E-state index contributed by atoms with van der Waals surface area (Å²) in [6.45, 7) is 8.31. The van der Waals surface area contributed by atoms with E-state index in [1.54, 1.807) is 0 Å². The van der Waals surface area contributed by atoms with E-state index in [1.165, 1.54) is 19.3 Å². The number of aryl methyl sites for hydroxylation is 2. The number of nitrogens with two attached hydrogens (primary N) is 1. The highest BCUT2D eigenvalue weighted by Crippen LogP contribution is 2.26. The lowest BCUT2D eigenvalue weighted by atomic mass is 9.89. The van der Waals surface area contributed by atoms with Crippen LogP contribution in [0.3, 0.4) is 0 Å². The molecule has 8 nitrogen and oxygen atoms in total. The second kappa shape index (κ2) is 9.91. The molecule has 1 aliphatic carbocycles. The van der Waals surface area contributed by atoms with Crippen LogP contribution in [0.15, 0.2) is 0 Å². The maximum Gasteiger partial charge on any atom is 0.223 e. The molecule has 1 aliphatic rings. The van der Waals surface area contributed by atoms with Crippen LogP contribution in [0.5, 0.6) is 0 Å². The lowest BCUT2D eigenvalue weighted by molar-refractivity contribution is -0.125. The predicted molar refractivity (Wildman–Crippen MR) is 115 cm³/mol. The number of carbonyl (C=O) groups excluding carboxylic acids is 1. The van der Waals surface area contributed by atoms with Crippen molar-refractivity contribution in [1.82, 2.24) is 20.0 Å². The van der Waals surface area contributed by atoms with Gasteiger partial charge in [-0.15, -0.1) is 0 Å². The highest BCUT2D eigenvalue weighted by Gasteiger charge is 2.20. The molecule has 2 aromatic rings. The Morgan fingerprint density at radius 1 is 1.21 bits per heavy atom. The first kappa shape index (κ1) is 21.4. The molecule has 0 atom stereocenters. The van der Waals surface area contributed by atoms with Gasteiger partial charge in [0.1, 0.15) is 12.1 Å². The van der Waals surface area contributed by atoms with E-state index in [4.69, 9.17) is 10.5 Å². The minimum Gasteiger partial charge on any atom is -0.382 e. The minimum absolute atomic E-state index is 0.202. The average Bonchev–Trinajstić information content (AvgIpc) is 3.10. The van der Waals surface area contributed by atoms with Crippen molar-refractivity contribution < 1.29 is 9.53 Å². The number of hydrogen-bond donors (Lipinski definition) is 3. The van der Waals surface area contributed by atoms with Gasteiger partial charge in [0.05, 0.1) is 5.52 Å². The standard InChI is InChI=1S/C21H34N6O2/c1-4-29-13-17-26-18-19(14(2)15(3)25-20(18)22)27(17)24-12-8-11-23-21(28)16-9-6-5-7-10-16/h16,24H,4-13H2,1-3H3,(H2,22,25)(H,23,28). The molecular weight excluding hydrogens is 368 g/mol. The topological polar surface area (TPSA) is 107 Å². The van der Waals surface area contributed by atoms with E-state index in [0.717, 1.165) is 41.9 Å². The number of fused-ring (bicyclic) bond motifs is 1. The van der Waals surface area contributed by atoms with Crippen LogP contribution in [0.2, 0.25) is 0 Å². The molecule has 0 aromatic carbocycles. The molecule has 8 heteroatoms. The Balaban J connectivity index is 1.63. The van der Waals surface area contributed by atoms with Gasteiger partial charge in [-0.25, -0.2) is 14.6 Å². The molecule has 0 aliphatic heterocycles. The van der Waals surface area contributed by atoms with Crippen molar-refractivity contribution in [3.05, 3.63) is 17.1 Å². The summed E-state index contributed by atoms with van der Waals surface area (Å²) in [6.07, 6.45) is 6.49. The van der Waals surface area contributed by atoms with Crippen LogP contribution in [0.4, 0.5) is 5.82 Å². The van der Waals surface area contributed by atoms with Gasteiger partial charge in [-0.2, -0.15) is 0 Å². The Kier molecular flexibility index (Phi) is 7.30. The number of pyridine rings is 1. The van der Waals surface area contributed by atoms with Gasteiger partial charge in [-0.3, -0.25) is 4.79 Å². The highest BCUT2D eigenvalue weighted by atomic mass is 16.5. The summed E-state index contributed by atoms with van der Waals surface area (Å²) < 4.78 is 7.55. The molecule has 0 radical (unpaired) electrons. The minimum atomic E-state index is 0.202. The van der Waals surface area contributed by atoms with Crippen molar-refractivity contribution >= 4 is 22.8 Å². The quantitative estimate of drug-likeness (QED) is 0.557. The van der Waals surface area contributed by atoms with E-state index in [-0.39, 0.29) is 11.8 Å². The fourth-order valence-electron chi connectivity index (χ4n) is 3.94. The van der Waals surface area contributed by atoms with Crippen LogP contribution in [-0.4, -0.2) is 40.2 Å². The van der Waals surface area contributed by atoms with E-state index in [9.17, 15) is 4.79 Å². The summed E-state index contributed by atoms with van der Waals surface area (Å²) in [5.41, 5.74) is 13.1. The number of nitrogen functional groups attached to an aromatic ring is 1. The van der Waals surface area contributed by atoms with Gasteiger partial charge < -0.3 is 21.2 Å². The van der Waals surface area contributed by atoms with Gasteiger partial charge in [-0.1, -0.05) is 19.3 Å². The first-order valence-corrected chi connectivity index (χ1v) is 10.8. The summed E-state index contributed by atoms with van der Waals surface area (Å²) in [4.78, 5) is 21.3. The lowest BCUT2D eigenvalue weighted by Gasteiger charge is -2.20. The van der Waals surface area contributed by atoms with E-state index < -0.39 is 0 Å². The van der Waals surface area contributed by atoms with Crippen molar-refractivity contribution in [2.75, 3.05) is 30.9 Å². The van der Waals surface area contributed by atoms with Gasteiger partial charge in [0.2, 0.25) is 5.91 Å². The van der Waals surface area contributed by atoms with Crippen molar-refractivity contribution in [3.63, 3.8) is 0 Å². The largest absolute Gasteiger partial charge is 0.382 e. The third-order valence-corrected chi connectivity index (χ3v) is 5.71.